The molecule has 0 aliphatic carbocycles. The fraction of sp³-hybridized carbons (Fsp3) is 0.167. The molecule has 2 aromatic carbocycles. The summed E-state index contributed by atoms with van der Waals surface area (Å²) >= 11 is 0. The van der Waals surface area contributed by atoms with E-state index in [0.717, 1.165) is 0 Å². The van der Waals surface area contributed by atoms with Crippen molar-refractivity contribution in [1.82, 2.24) is 15.0 Å². The molecular formula is C18H19N5O4S. The third kappa shape index (κ3) is 5.00. The van der Waals surface area contributed by atoms with Crippen LogP contribution in [0.25, 0.3) is 11.4 Å². The summed E-state index contributed by atoms with van der Waals surface area (Å²) in [6.45, 7) is -0.121. The number of aliphatic hydroxyl groups is 1. The maximum Gasteiger partial charge on any atom is 0.230 e. The predicted octanol–water partition coefficient (Wildman–Crippen LogP) is 1.57. The summed E-state index contributed by atoms with van der Waals surface area (Å²) in [5, 5.41) is 17.5. The van der Waals surface area contributed by atoms with E-state index >= 15 is 0 Å². The van der Waals surface area contributed by atoms with Gasteiger partial charge in [-0.05, 0) is 35.4 Å². The van der Waals surface area contributed by atoms with E-state index in [4.69, 9.17) is 9.88 Å². The van der Waals surface area contributed by atoms with Crippen LogP contribution in [0.3, 0.4) is 0 Å². The zero-order valence-electron chi connectivity index (χ0n) is 15.0. The minimum atomic E-state index is -3.63. The second-order valence-electron chi connectivity index (χ2n) is 5.96. The Balaban J connectivity index is 1.90. The molecule has 0 bridgehead atoms. The molecule has 4 N–H and O–H groups in total. The molecule has 10 heteroatoms. The monoisotopic (exact) mass is 401 g/mol. The van der Waals surface area contributed by atoms with Gasteiger partial charge >= 0.3 is 0 Å². The van der Waals surface area contributed by atoms with Crippen LogP contribution in [0.2, 0.25) is 0 Å². The van der Waals surface area contributed by atoms with Crippen molar-refractivity contribution in [1.29, 1.82) is 0 Å². The van der Waals surface area contributed by atoms with Crippen molar-refractivity contribution < 1.29 is 18.3 Å². The lowest BCUT2D eigenvalue weighted by Crippen LogP contribution is -2.14. The predicted molar refractivity (Wildman–Crippen MR) is 104 cm³/mol. The van der Waals surface area contributed by atoms with Crippen LogP contribution < -0.4 is 15.2 Å². The Labute approximate surface area is 162 Å². The molecule has 3 aromatic rings. The lowest BCUT2D eigenvalue weighted by Gasteiger charge is -2.10. The van der Waals surface area contributed by atoms with Gasteiger partial charge in [-0.2, -0.15) is 4.98 Å². The minimum Gasteiger partial charge on any atom is -0.496 e. The van der Waals surface area contributed by atoms with E-state index in [2.05, 4.69) is 20.3 Å². The Morgan fingerprint density at radius 3 is 2.68 bits per heavy atom. The molecule has 0 saturated carbocycles. The van der Waals surface area contributed by atoms with E-state index in [9.17, 15) is 13.5 Å². The van der Waals surface area contributed by atoms with Gasteiger partial charge < -0.3 is 15.2 Å². The van der Waals surface area contributed by atoms with Crippen LogP contribution in [0, 0.1) is 0 Å². The summed E-state index contributed by atoms with van der Waals surface area (Å²) in [6, 6.07) is 12.0. The van der Waals surface area contributed by atoms with Crippen molar-refractivity contribution in [2.24, 2.45) is 5.14 Å². The molecule has 0 aliphatic rings. The normalized spacial score (nSPS) is 11.2. The molecule has 0 aliphatic heterocycles. The first-order valence-electron chi connectivity index (χ1n) is 8.21. The molecule has 0 saturated heterocycles. The second kappa shape index (κ2) is 8.30. The smallest absolute Gasteiger partial charge is 0.230 e. The number of nitrogens with two attached hydrogens (primary N) is 1. The van der Waals surface area contributed by atoms with Gasteiger partial charge in [-0.3, -0.25) is 0 Å². The lowest BCUT2D eigenvalue weighted by molar-refractivity contribution is 0.281. The molecule has 1 aromatic heterocycles. The van der Waals surface area contributed by atoms with Crippen molar-refractivity contribution in [2.45, 2.75) is 12.4 Å². The van der Waals surface area contributed by atoms with Gasteiger partial charge in [0.15, 0.2) is 5.82 Å². The zero-order chi connectivity index (χ0) is 20.1. The van der Waals surface area contributed by atoms with E-state index in [1.165, 1.54) is 13.4 Å². The fourth-order valence-electron chi connectivity index (χ4n) is 2.61. The van der Waals surface area contributed by atoms with Crippen LogP contribution in [0.4, 0.5) is 11.6 Å². The summed E-state index contributed by atoms with van der Waals surface area (Å²) in [5.74, 6) is 0.930. The van der Waals surface area contributed by atoms with Gasteiger partial charge in [0, 0.05) is 5.69 Å². The number of primary sulfonamides is 1. The lowest BCUT2D eigenvalue weighted by atomic mass is 10.1. The number of hydrogen-bond acceptors (Lipinski definition) is 8. The maximum atomic E-state index is 11.3. The highest BCUT2D eigenvalue weighted by atomic mass is 32.2. The number of nitrogens with one attached hydrogen (secondary N) is 1. The fourth-order valence-corrected chi connectivity index (χ4v) is 3.26. The van der Waals surface area contributed by atoms with Crippen molar-refractivity contribution in [3.05, 3.63) is 59.9 Å². The Hall–Kier alpha value is -3.08. The average Bonchev–Trinajstić information content (AvgIpc) is 2.66. The maximum absolute atomic E-state index is 11.3. The van der Waals surface area contributed by atoms with E-state index in [1.807, 2.05) is 0 Å². The van der Waals surface area contributed by atoms with Crippen molar-refractivity contribution in [3.8, 4) is 17.1 Å². The molecule has 28 heavy (non-hydrogen) atoms. The Bertz CT molecular complexity index is 1090. The second-order valence-corrected chi connectivity index (χ2v) is 7.57. The average molecular weight is 401 g/mol. The van der Waals surface area contributed by atoms with Gasteiger partial charge in [-0.1, -0.05) is 18.2 Å². The number of aliphatic hydroxyl groups excluding tert-OH is 1. The van der Waals surface area contributed by atoms with Crippen LogP contribution in [-0.2, 0) is 22.4 Å². The van der Waals surface area contributed by atoms with Crippen molar-refractivity contribution in [2.75, 3.05) is 12.4 Å². The molecule has 146 valence electrons. The molecule has 0 amide bonds. The molecule has 0 atom stereocenters. The summed E-state index contributed by atoms with van der Waals surface area (Å²) in [5.41, 5.74) is 2.46. The van der Waals surface area contributed by atoms with Crippen LogP contribution in [0.1, 0.15) is 11.1 Å². The first kappa shape index (κ1) is 19.7. The molecule has 9 nitrogen and oxygen atoms in total. The number of rotatable bonds is 7. The highest BCUT2D eigenvalue weighted by Crippen LogP contribution is 2.29. The number of methoxy groups -OCH3 is 1. The minimum absolute atomic E-state index is 0.121. The molecule has 0 unspecified atom stereocenters. The van der Waals surface area contributed by atoms with Crippen LogP contribution in [0.15, 0.2) is 48.8 Å². The molecule has 0 radical (unpaired) electrons. The van der Waals surface area contributed by atoms with Crippen LogP contribution >= 0.6 is 0 Å². The number of nitrogens with zero attached hydrogens (tertiary/aromatic N) is 3. The number of sulfonamides is 1. The first-order valence-corrected chi connectivity index (χ1v) is 9.93. The molecule has 3 rings (SSSR count). The van der Waals surface area contributed by atoms with Crippen molar-refractivity contribution in [3.63, 3.8) is 0 Å². The SMILES string of the molecule is COc1ccc(CO)cc1-c1ncnc(Nc2cccc(CS(N)(=O)=O)c2)n1. The van der Waals surface area contributed by atoms with E-state index in [0.29, 0.717) is 34.0 Å². The van der Waals surface area contributed by atoms with Gasteiger partial charge in [-0.15, -0.1) is 0 Å². The summed E-state index contributed by atoms with van der Waals surface area (Å²) < 4.78 is 27.9. The quantitative estimate of drug-likeness (QED) is 0.542. The number of anilines is 2. The van der Waals surface area contributed by atoms with Crippen molar-refractivity contribution >= 4 is 21.7 Å². The number of hydrogen-bond donors (Lipinski definition) is 3. The largest absolute Gasteiger partial charge is 0.496 e. The molecule has 0 fully saturated rings. The van der Waals surface area contributed by atoms with Crippen LogP contribution in [-0.4, -0.2) is 35.6 Å². The Kier molecular flexibility index (Phi) is 5.83. The van der Waals surface area contributed by atoms with Gasteiger partial charge in [0.1, 0.15) is 12.1 Å². The molecule has 1 heterocycles. The van der Waals surface area contributed by atoms with E-state index in [-0.39, 0.29) is 18.3 Å². The topological polar surface area (TPSA) is 140 Å². The zero-order valence-corrected chi connectivity index (χ0v) is 15.8. The molecule has 0 spiro atoms. The van der Waals surface area contributed by atoms with E-state index < -0.39 is 10.0 Å². The Morgan fingerprint density at radius 2 is 1.96 bits per heavy atom. The first-order chi connectivity index (χ1) is 13.4. The van der Waals surface area contributed by atoms with Crippen LogP contribution in [0.5, 0.6) is 5.75 Å². The number of ether oxygens (including phenoxy) is 1. The standard InChI is InChI=1S/C18H19N5O4S/c1-27-16-6-5-12(9-24)8-15(16)17-20-11-21-18(23-17)22-14-4-2-3-13(7-14)10-28(19,25)26/h2-8,11,24H,9-10H2,1H3,(H2,19,25,26)(H,20,21,22,23). The van der Waals surface area contributed by atoms with Gasteiger partial charge in [0.25, 0.3) is 0 Å². The van der Waals surface area contributed by atoms with E-state index in [1.54, 1.807) is 42.5 Å². The van der Waals surface area contributed by atoms with Gasteiger partial charge in [-0.25, -0.2) is 23.5 Å². The summed E-state index contributed by atoms with van der Waals surface area (Å²) in [4.78, 5) is 12.7. The number of benzene rings is 2. The third-order valence-corrected chi connectivity index (χ3v) is 4.55. The summed E-state index contributed by atoms with van der Waals surface area (Å²) in [6.07, 6.45) is 1.35. The Morgan fingerprint density at radius 1 is 1.14 bits per heavy atom. The molecular weight excluding hydrogens is 382 g/mol. The van der Waals surface area contributed by atoms with Gasteiger partial charge in [0.05, 0.1) is 25.0 Å². The summed E-state index contributed by atoms with van der Waals surface area (Å²) in [7, 11) is -2.09. The highest BCUT2D eigenvalue weighted by Gasteiger charge is 2.12. The highest BCUT2D eigenvalue weighted by molar-refractivity contribution is 7.88. The number of aromatic nitrogens is 3. The van der Waals surface area contributed by atoms with Gasteiger partial charge in [0.2, 0.25) is 16.0 Å². The third-order valence-electron chi connectivity index (χ3n) is 3.81.